The number of urea groups is 1. The molecule has 26 heavy (non-hydrogen) atoms. The zero-order valence-corrected chi connectivity index (χ0v) is 14.6. The second kappa shape index (κ2) is 7.41. The van der Waals surface area contributed by atoms with E-state index in [2.05, 4.69) is 5.32 Å². The second-order valence-electron chi connectivity index (χ2n) is 5.44. The van der Waals surface area contributed by atoms with Crippen LogP contribution in [0.4, 0.5) is 10.5 Å². The highest BCUT2D eigenvalue weighted by Gasteiger charge is 2.36. The van der Waals surface area contributed by atoms with Crippen LogP contribution in [0.3, 0.4) is 0 Å². The molecule has 0 unspecified atom stereocenters. The number of nitrogens with zero attached hydrogens (tertiary/aromatic N) is 1. The van der Waals surface area contributed by atoms with E-state index < -0.39 is 17.8 Å². The van der Waals surface area contributed by atoms with Crippen LogP contribution in [0.5, 0.6) is 5.75 Å². The zero-order valence-electron chi connectivity index (χ0n) is 13.9. The first-order chi connectivity index (χ1) is 12.5. The first-order valence-electron chi connectivity index (χ1n) is 7.89. The molecule has 2 aromatic carbocycles. The summed E-state index contributed by atoms with van der Waals surface area (Å²) in [5, 5.41) is 2.72. The van der Waals surface area contributed by atoms with Gasteiger partial charge >= 0.3 is 6.03 Å². The third-order valence-corrected chi connectivity index (χ3v) is 3.94. The Kier molecular flexibility index (Phi) is 5.04. The number of carbonyl (C=O) groups excluding carboxylic acids is 3. The number of ether oxygens (including phenoxy) is 1. The smallest absolute Gasteiger partial charge is 0.335 e. The molecule has 1 aliphatic rings. The van der Waals surface area contributed by atoms with E-state index >= 15 is 0 Å². The molecule has 132 valence electrons. The van der Waals surface area contributed by atoms with Gasteiger partial charge in [-0.1, -0.05) is 23.7 Å². The minimum absolute atomic E-state index is 0.138. The van der Waals surface area contributed by atoms with Gasteiger partial charge in [0.2, 0.25) is 0 Å². The Morgan fingerprint density at radius 1 is 1.04 bits per heavy atom. The molecule has 0 spiro atoms. The molecule has 4 amide bonds. The van der Waals surface area contributed by atoms with E-state index in [1.54, 1.807) is 48.5 Å². The Bertz CT molecular complexity index is 889. The van der Waals surface area contributed by atoms with Crippen LogP contribution < -0.4 is 15.0 Å². The Labute approximate surface area is 155 Å². The fraction of sp³-hybridized carbons (Fsp3) is 0.105. The van der Waals surface area contributed by atoms with Gasteiger partial charge in [0.05, 0.1) is 12.3 Å². The van der Waals surface area contributed by atoms with Gasteiger partial charge in [-0.25, -0.2) is 9.69 Å². The van der Waals surface area contributed by atoms with Gasteiger partial charge < -0.3 is 4.74 Å². The molecular formula is C19H15ClN2O4. The molecule has 1 N–H and O–H groups in total. The maximum absolute atomic E-state index is 12.7. The number of nitrogens with one attached hydrogen (secondary N) is 1. The molecular weight excluding hydrogens is 356 g/mol. The molecule has 7 heteroatoms. The number of anilines is 1. The lowest BCUT2D eigenvalue weighted by molar-refractivity contribution is -0.122. The van der Waals surface area contributed by atoms with Crippen molar-refractivity contribution in [1.29, 1.82) is 0 Å². The number of hydrogen-bond donors (Lipinski definition) is 1. The SMILES string of the molecule is CCOc1ccc(N2C(=O)NC(=O)/C(=C/c3ccc(Cl)cc3)C2=O)cc1. The highest BCUT2D eigenvalue weighted by atomic mass is 35.5. The summed E-state index contributed by atoms with van der Waals surface area (Å²) in [6.45, 7) is 2.36. The number of amides is 4. The summed E-state index contributed by atoms with van der Waals surface area (Å²) < 4.78 is 5.35. The van der Waals surface area contributed by atoms with Gasteiger partial charge in [0, 0.05) is 5.02 Å². The quantitative estimate of drug-likeness (QED) is 0.661. The summed E-state index contributed by atoms with van der Waals surface area (Å²) in [6, 6.07) is 12.3. The summed E-state index contributed by atoms with van der Waals surface area (Å²) >= 11 is 5.84. The van der Waals surface area contributed by atoms with Crippen LogP contribution in [-0.4, -0.2) is 24.5 Å². The summed E-state index contributed by atoms with van der Waals surface area (Å²) in [6.07, 6.45) is 1.42. The zero-order chi connectivity index (χ0) is 18.7. The number of benzene rings is 2. The van der Waals surface area contributed by atoms with Crippen molar-refractivity contribution >= 4 is 41.2 Å². The van der Waals surface area contributed by atoms with Crippen molar-refractivity contribution < 1.29 is 19.1 Å². The largest absolute Gasteiger partial charge is 0.494 e. The Hall–Kier alpha value is -3.12. The Morgan fingerprint density at radius 3 is 2.31 bits per heavy atom. The van der Waals surface area contributed by atoms with Gasteiger partial charge in [-0.15, -0.1) is 0 Å². The third-order valence-electron chi connectivity index (χ3n) is 3.69. The molecule has 1 saturated heterocycles. The van der Waals surface area contributed by atoms with Crippen molar-refractivity contribution in [2.75, 3.05) is 11.5 Å². The van der Waals surface area contributed by atoms with Crippen LogP contribution >= 0.6 is 11.6 Å². The van der Waals surface area contributed by atoms with Crippen molar-refractivity contribution in [3.8, 4) is 5.75 Å². The summed E-state index contributed by atoms with van der Waals surface area (Å²) in [5.74, 6) is -0.816. The highest BCUT2D eigenvalue weighted by Crippen LogP contribution is 2.24. The van der Waals surface area contributed by atoms with Crippen LogP contribution in [0.1, 0.15) is 12.5 Å². The summed E-state index contributed by atoms with van der Waals surface area (Å²) in [4.78, 5) is 37.9. The van der Waals surface area contributed by atoms with Gasteiger partial charge in [0.15, 0.2) is 0 Å². The third kappa shape index (κ3) is 3.60. The van der Waals surface area contributed by atoms with E-state index in [9.17, 15) is 14.4 Å². The van der Waals surface area contributed by atoms with E-state index in [1.807, 2.05) is 6.92 Å². The van der Waals surface area contributed by atoms with E-state index in [4.69, 9.17) is 16.3 Å². The van der Waals surface area contributed by atoms with Gasteiger partial charge in [0.1, 0.15) is 11.3 Å². The maximum atomic E-state index is 12.7. The molecule has 2 aromatic rings. The molecule has 1 aliphatic heterocycles. The lowest BCUT2D eigenvalue weighted by atomic mass is 10.1. The molecule has 3 rings (SSSR count). The molecule has 1 fully saturated rings. The van der Waals surface area contributed by atoms with E-state index in [0.29, 0.717) is 28.6 Å². The number of barbiturate groups is 1. The van der Waals surface area contributed by atoms with E-state index in [0.717, 1.165) is 4.90 Å². The first kappa shape index (κ1) is 17.7. The molecule has 0 saturated carbocycles. The van der Waals surface area contributed by atoms with Crippen LogP contribution in [0.2, 0.25) is 5.02 Å². The molecule has 0 radical (unpaired) electrons. The average Bonchev–Trinajstić information content (AvgIpc) is 2.62. The summed E-state index contributed by atoms with van der Waals surface area (Å²) in [7, 11) is 0. The van der Waals surface area contributed by atoms with E-state index in [1.165, 1.54) is 6.08 Å². The second-order valence-corrected chi connectivity index (χ2v) is 5.87. The molecule has 0 aromatic heterocycles. The topological polar surface area (TPSA) is 75.7 Å². The Balaban J connectivity index is 1.93. The molecule has 6 nitrogen and oxygen atoms in total. The molecule has 1 heterocycles. The predicted molar refractivity (Wildman–Crippen MR) is 98.1 cm³/mol. The number of hydrogen-bond acceptors (Lipinski definition) is 4. The molecule has 0 bridgehead atoms. The van der Waals surface area contributed by atoms with Crippen molar-refractivity contribution in [3.63, 3.8) is 0 Å². The predicted octanol–water partition coefficient (Wildman–Crippen LogP) is 3.41. The lowest BCUT2D eigenvalue weighted by Crippen LogP contribution is -2.54. The minimum Gasteiger partial charge on any atom is -0.494 e. The van der Waals surface area contributed by atoms with Gasteiger partial charge in [0.25, 0.3) is 11.8 Å². The minimum atomic E-state index is -0.794. The van der Waals surface area contributed by atoms with Crippen molar-refractivity contribution in [2.24, 2.45) is 0 Å². The highest BCUT2D eigenvalue weighted by molar-refractivity contribution is 6.39. The average molecular weight is 371 g/mol. The number of halogens is 1. The first-order valence-corrected chi connectivity index (χ1v) is 8.27. The van der Waals surface area contributed by atoms with Crippen LogP contribution in [0.25, 0.3) is 6.08 Å². The van der Waals surface area contributed by atoms with Crippen LogP contribution in [-0.2, 0) is 9.59 Å². The van der Waals surface area contributed by atoms with Crippen LogP contribution in [0, 0.1) is 0 Å². The molecule has 0 aliphatic carbocycles. The fourth-order valence-corrected chi connectivity index (χ4v) is 2.60. The van der Waals surface area contributed by atoms with Crippen molar-refractivity contribution in [3.05, 3.63) is 64.7 Å². The van der Waals surface area contributed by atoms with Gasteiger partial charge in [-0.2, -0.15) is 0 Å². The summed E-state index contributed by atoms with van der Waals surface area (Å²) in [5.41, 5.74) is 0.820. The monoisotopic (exact) mass is 370 g/mol. The number of rotatable bonds is 4. The molecule has 0 atom stereocenters. The van der Waals surface area contributed by atoms with Crippen molar-refractivity contribution in [1.82, 2.24) is 5.32 Å². The van der Waals surface area contributed by atoms with Gasteiger partial charge in [-0.3, -0.25) is 14.9 Å². The van der Waals surface area contributed by atoms with Gasteiger partial charge in [-0.05, 0) is 55.0 Å². The standard InChI is InChI=1S/C19H15ClN2O4/c1-2-26-15-9-7-14(8-10-15)22-18(24)16(17(23)21-19(22)25)11-12-3-5-13(20)6-4-12/h3-11H,2H2,1H3,(H,21,23,25)/b16-11-. The van der Waals surface area contributed by atoms with Crippen LogP contribution in [0.15, 0.2) is 54.1 Å². The number of imide groups is 2. The van der Waals surface area contributed by atoms with Crippen molar-refractivity contribution in [2.45, 2.75) is 6.92 Å². The van der Waals surface area contributed by atoms with E-state index in [-0.39, 0.29) is 5.57 Å². The maximum Gasteiger partial charge on any atom is 0.335 e. The lowest BCUT2D eigenvalue weighted by Gasteiger charge is -2.26. The fourth-order valence-electron chi connectivity index (χ4n) is 2.48. The Morgan fingerprint density at radius 2 is 1.69 bits per heavy atom. The normalized spacial score (nSPS) is 16.0. The number of carbonyl (C=O) groups is 3.